The van der Waals surface area contributed by atoms with Crippen LogP contribution in [0.1, 0.15) is 17.3 Å². The van der Waals surface area contributed by atoms with E-state index in [1.54, 1.807) is 12.1 Å². The third-order valence-corrected chi connectivity index (χ3v) is 1.76. The first-order valence-corrected chi connectivity index (χ1v) is 4.24. The van der Waals surface area contributed by atoms with E-state index < -0.39 is 18.0 Å². The fourth-order valence-corrected chi connectivity index (χ4v) is 0.921. The Morgan fingerprint density at radius 3 is 2.38 bits per heavy atom. The van der Waals surface area contributed by atoms with Gasteiger partial charge >= 0.3 is 11.9 Å². The highest BCUT2D eigenvalue weighted by Crippen LogP contribution is 2.17. The minimum atomic E-state index is -1.24. The lowest BCUT2D eigenvalue weighted by atomic mass is 10.2. The number of hydrogen-bond acceptors (Lipinski definition) is 5. The van der Waals surface area contributed by atoms with E-state index in [-0.39, 0.29) is 17.5 Å². The number of para-hydroxylation sites is 1. The van der Waals surface area contributed by atoms with Crippen LogP contribution in [0.15, 0.2) is 24.3 Å². The smallest absolute Gasteiger partial charge is 0.344 e. The molecule has 0 saturated heterocycles. The van der Waals surface area contributed by atoms with Crippen molar-refractivity contribution >= 4 is 11.9 Å². The second-order valence-electron chi connectivity index (χ2n) is 2.90. The molecule has 88 valence electrons. The molecule has 0 aliphatic heterocycles. The third-order valence-electron chi connectivity index (χ3n) is 1.76. The molecular formula is C10H13NO5. The Labute approximate surface area is 92.1 Å². The standard InChI is InChI=1S/C10H10O5.H3N/c1-6(9(12)13)15-10(14)7-4-2-3-5-8(7)11;/h2-6,11H,1H3,(H,12,13);1H3. The summed E-state index contributed by atoms with van der Waals surface area (Å²) in [6.07, 6.45) is -1.24. The summed E-state index contributed by atoms with van der Waals surface area (Å²) in [5.74, 6) is -2.33. The summed E-state index contributed by atoms with van der Waals surface area (Å²) in [5, 5.41) is 17.8. The van der Waals surface area contributed by atoms with Crippen LogP contribution in [-0.4, -0.2) is 28.3 Å². The predicted octanol–water partition coefficient (Wildman–Crippen LogP) is 1.18. The van der Waals surface area contributed by atoms with Gasteiger partial charge in [0.25, 0.3) is 0 Å². The molecule has 5 N–H and O–H groups in total. The van der Waals surface area contributed by atoms with E-state index in [4.69, 9.17) is 5.11 Å². The number of aromatic hydroxyl groups is 1. The Kier molecular flexibility index (Phi) is 4.97. The number of esters is 1. The van der Waals surface area contributed by atoms with Crippen LogP contribution in [0.3, 0.4) is 0 Å². The first-order valence-electron chi connectivity index (χ1n) is 4.24. The van der Waals surface area contributed by atoms with E-state index >= 15 is 0 Å². The zero-order chi connectivity index (χ0) is 11.4. The van der Waals surface area contributed by atoms with Gasteiger partial charge in [0, 0.05) is 0 Å². The summed E-state index contributed by atoms with van der Waals surface area (Å²) >= 11 is 0. The maximum atomic E-state index is 11.3. The summed E-state index contributed by atoms with van der Waals surface area (Å²) in [6, 6.07) is 5.77. The van der Waals surface area contributed by atoms with Crippen LogP contribution in [0.4, 0.5) is 0 Å². The molecule has 0 radical (unpaired) electrons. The molecule has 0 amide bonds. The average molecular weight is 227 g/mol. The van der Waals surface area contributed by atoms with Gasteiger partial charge in [-0.15, -0.1) is 0 Å². The van der Waals surface area contributed by atoms with Crippen LogP contribution in [0.5, 0.6) is 5.75 Å². The number of phenols is 1. The van der Waals surface area contributed by atoms with Crippen LogP contribution < -0.4 is 6.15 Å². The van der Waals surface area contributed by atoms with Gasteiger partial charge in [0.1, 0.15) is 11.3 Å². The van der Waals surface area contributed by atoms with Crippen molar-refractivity contribution in [3.8, 4) is 5.75 Å². The van der Waals surface area contributed by atoms with E-state index in [9.17, 15) is 14.7 Å². The number of carboxylic acids is 1. The van der Waals surface area contributed by atoms with Crippen LogP contribution in [-0.2, 0) is 9.53 Å². The highest BCUT2D eigenvalue weighted by molar-refractivity contribution is 5.93. The van der Waals surface area contributed by atoms with Crippen molar-refractivity contribution < 1.29 is 24.5 Å². The monoisotopic (exact) mass is 227 g/mol. The normalized spacial score (nSPS) is 11.1. The van der Waals surface area contributed by atoms with Crippen molar-refractivity contribution in [3.63, 3.8) is 0 Å². The van der Waals surface area contributed by atoms with Gasteiger partial charge in [-0.1, -0.05) is 12.1 Å². The Hall–Kier alpha value is -2.08. The van der Waals surface area contributed by atoms with Gasteiger partial charge in [0.2, 0.25) is 0 Å². The first-order chi connectivity index (χ1) is 7.02. The summed E-state index contributed by atoms with van der Waals surface area (Å²) in [7, 11) is 0. The molecule has 1 aromatic rings. The molecule has 0 aromatic heterocycles. The molecule has 0 saturated carbocycles. The minimum Gasteiger partial charge on any atom is -0.507 e. The van der Waals surface area contributed by atoms with E-state index in [1.807, 2.05) is 0 Å². The second kappa shape index (κ2) is 5.72. The quantitative estimate of drug-likeness (QED) is 0.667. The molecule has 6 heteroatoms. The van der Waals surface area contributed by atoms with Crippen molar-refractivity contribution in [3.05, 3.63) is 29.8 Å². The molecule has 16 heavy (non-hydrogen) atoms. The number of carbonyl (C=O) groups excluding carboxylic acids is 1. The van der Waals surface area contributed by atoms with Crippen molar-refractivity contribution in [1.29, 1.82) is 0 Å². The van der Waals surface area contributed by atoms with Gasteiger partial charge < -0.3 is 21.1 Å². The summed E-state index contributed by atoms with van der Waals surface area (Å²) in [5.41, 5.74) is -0.0504. The van der Waals surface area contributed by atoms with Crippen LogP contribution in [0, 0.1) is 0 Å². The number of rotatable bonds is 3. The van der Waals surface area contributed by atoms with Gasteiger partial charge in [-0.25, -0.2) is 9.59 Å². The molecule has 0 aliphatic carbocycles. The topological polar surface area (TPSA) is 119 Å². The number of aliphatic carboxylic acids is 1. The molecule has 1 rings (SSSR count). The van der Waals surface area contributed by atoms with Crippen molar-refractivity contribution in [2.24, 2.45) is 0 Å². The van der Waals surface area contributed by atoms with Gasteiger partial charge in [-0.05, 0) is 19.1 Å². The number of hydrogen-bond donors (Lipinski definition) is 3. The van der Waals surface area contributed by atoms with Gasteiger partial charge in [0.15, 0.2) is 6.10 Å². The Bertz CT molecular complexity index is 391. The minimum absolute atomic E-state index is 0. The first kappa shape index (κ1) is 13.9. The molecular weight excluding hydrogens is 214 g/mol. The maximum absolute atomic E-state index is 11.3. The largest absolute Gasteiger partial charge is 0.507 e. The highest BCUT2D eigenvalue weighted by atomic mass is 16.6. The molecule has 1 aromatic carbocycles. The van der Waals surface area contributed by atoms with Crippen molar-refractivity contribution in [2.75, 3.05) is 0 Å². The van der Waals surface area contributed by atoms with Crippen LogP contribution in [0.2, 0.25) is 0 Å². The summed E-state index contributed by atoms with van der Waals surface area (Å²) < 4.78 is 4.58. The van der Waals surface area contributed by atoms with Gasteiger partial charge in [0.05, 0.1) is 0 Å². The fourth-order valence-electron chi connectivity index (χ4n) is 0.921. The molecule has 0 bridgehead atoms. The Morgan fingerprint density at radius 2 is 1.88 bits per heavy atom. The number of ether oxygens (including phenoxy) is 1. The average Bonchev–Trinajstić information content (AvgIpc) is 2.18. The van der Waals surface area contributed by atoms with Crippen LogP contribution in [0.25, 0.3) is 0 Å². The molecule has 1 unspecified atom stereocenters. The lowest BCUT2D eigenvalue weighted by Crippen LogP contribution is -2.23. The van der Waals surface area contributed by atoms with E-state index in [2.05, 4.69) is 4.74 Å². The highest BCUT2D eigenvalue weighted by Gasteiger charge is 2.19. The maximum Gasteiger partial charge on any atom is 0.344 e. The van der Waals surface area contributed by atoms with Crippen molar-refractivity contribution in [2.45, 2.75) is 13.0 Å². The lowest BCUT2D eigenvalue weighted by molar-refractivity contribution is -0.146. The van der Waals surface area contributed by atoms with Gasteiger partial charge in [-0.3, -0.25) is 0 Å². The summed E-state index contributed by atoms with van der Waals surface area (Å²) in [6.45, 7) is 1.24. The number of phenolic OH excluding ortho intramolecular Hbond substituents is 1. The molecule has 0 fully saturated rings. The predicted molar refractivity (Wildman–Crippen MR) is 55.6 cm³/mol. The van der Waals surface area contributed by atoms with E-state index in [0.29, 0.717) is 0 Å². The molecule has 0 aliphatic rings. The number of carbonyl (C=O) groups is 2. The molecule has 6 nitrogen and oxygen atoms in total. The SMILES string of the molecule is CC(OC(=O)c1ccccc1O)C(=O)O.N. The molecule has 0 spiro atoms. The van der Waals surface area contributed by atoms with E-state index in [1.165, 1.54) is 19.1 Å². The van der Waals surface area contributed by atoms with E-state index in [0.717, 1.165) is 0 Å². The third kappa shape index (κ3) is 3.25. The summed E-state index contributed by atoms with van der Waals surface area (Å²) in [4.78, 5) is 21.7. The number of carboxylic acid groups (broad SMARTS) is 1. The second-order valence-corrected chi connectivity index (χ2v) is 2.90. The zero-order valence-corrected chi connectivity index (χ0v) is 8.71. The zero-order valence-electron chi connectivity index (χ0n) is 8.71. The fraction of sp³-hybridized carbons (Fsp3) is 0.200. The molecule has 1 atom stereocenters. The Morgan fingerprint density at radius 1 is 1.31 bits per heavy atom. The Balaban J connectivity index is 0.00000225. The van der Waals surface area contributed by atoms with Crippen LogP contribution >= 0.6 is 0 Å². The van der Waals surface area contributed by atoms with Gasteiger partial charge in [-0.2, -0.15) is 0 Å². The van der Waals surface area contributed by atoms with Crippen molar-refractivity contribution in [1.82, 2.24) is 6.15 Å². The number of benzene rings is 1. The molecule has 0 heterocycles. The lowest BCUT2D eigenvalue weighted by Gasteiger charge is -2.09.